The van der Waals surface area contributed by atoms with Crippen LogP contribution in [0, 0.1) is 0 Å². The highest BCUT2D eigenvalue weighted by Crippen LogP contribution is 2.20. The predicted octanol–water partition coefficient (Wildman–Crippen LogP) is 0.422. The molecule has 0 aliphatic carbocycles. The summed E-state index contributed by atoms with van der Waals surface area (Å²) in [7, 11) is 0. The topological polar surface area (TPSA) is 78.6 Å². The maximum absolute atomic E-state index is 11.9. The van der Waals surface area contributed by atoms with E-state index in [0.29, 0.717) is 19.5 Å². The molecule has 0 radical (unpaired) electrons. The molecular formula is C13H21N3O2. The third-order valence-corrected chi connectivity index (χ3v) is 2.88. The zero-order valence-corrected chi connectivity index (χ0v) is 10.7. The maximum Gasteiger partial charge on any atom is 0.255 e. The van der Waals surface area contributed by atoms with Crippen molar-refractivity contribution >= 4 is 5.91 Å². The van der Waals surface area contributed by atoms with E-state index in [9.17, 15) is 4.79 Å². The van der Waals surface area contributed by atoms with E-state index in [2.05, 4.69) is 5.43 Å². The molecule has 0 saturated carbocycles. The van der Waals surface area contributed by atoms with Crippen LogP contribution < -0.4 is 11.3 Å². The summed E-state index contributed by atoms with van der Waals surface area (Å²) in [5, 5.41) is 8.91. The Morgan fingerprint density at radius 1 is 1.44 bits per heavy atom. The van der Waals surface area contributed by atoms with Gasteiger partial charge < -0.3 is 5.11 Å². The number of aliphatic hydroxyl groups is 1. The highest BCUT2D eigenvalue weighted by atomic mass is 16.3. The Morgan fingerprint density at radius 3 is 2.61 bits per heavy atom. The highest BCUT2D eigenvalue weighted by Gasteiger charge is 2.25. The van der Waals surface area contributed by atoms with Crippen molar-refractivity contribution in [2.24, 2.45) is 5.84 Å². The van der Waals surface area contributed by atoms with E-state index in [4.69, 9.17) is 10.9 Å². The Hall–Kier alpha value is -1.43. The first-order valence-corrected chi connectivity index (χ1v) is 6.14. The number of hydrazine groups is 1. The van der Waals surface area contributed by atoms with Crippen molar-refractivity contribution in [3.63, 3.8) is 0 Å². The Labute approximate surface area is 108 Å². The van der Waals surface area contributed by atoms with Crippen LogP contribution in [0.2, 0.25) is 0 Å². The minimum absolute atomic E-state index is 0.113. The Balaban J connectivity index is 2.93. The van der Waals surface area contributed by atoms with Gasteiger partial charge in [-0.25, -0.2) is 5.84 Å². The van der Waals surface area contributed by atoms with Crippen molar-refractivity contribution in [2.75, 3.05) is 19.7 Å². The number of nitrogens with two attached hydrogens (primary N) is 1. The number of rotatable bonds is 7. The summed E-state index contributed by atoms with van der Waals surface area (Å²) in [6, 6.07) is 9.10. The summed E-state index contributed by atoms with van der Waals surface area (Å²) in [6.45, 7) is 3.46. The second-order valence-electron chi connectivity index (χ2n) is 4.03. The minimum atomic E-state index is -0.409. The van der Waals surface area contributed by atoms with Crippen LogP contribution in [0.15, 0.2) is 30.3 Å². The molecule has 1 atom stereocenters. The van der Waals surface area contributed by atoms with Crippen molar-refractivity contribution < 1.29 is 9.90 Å². The van der Waals surface area contributed by atoms with Crippen molar-refractivity contribution in [2.45, 2.75) is 19.4 Å². The predicted molar refractivity (Wildman–Crippen MR) is 70.5 cm³/mol. The number of hydrogen-bond acceptors (Lipinski definition) is 4. The van der Waals surface area contributed by atoms with Crippen LogP contribution in [-0.4, -0.2) is 35.6 Å². The fraction of sp³-hybridized carbons (Fsp3) is 0.462. The van der Waals surface area contributed by atoms with Crippen LogP contribution in [0.5, 0.6) is 0 Å². The molecule has 1 aromatic rings. The van der Waals surface area contributed by atoms with Crippen molar-refractivity contribution in [3.05, 3.63) is 35.9 Å². The molecule has 5 nitrogen and oxygen atoms in total. The van der Waals surface area contributed by atoms with E-state index < -0.39 is 6.04 Å². The van der Waals surface area contributed by atoms with Crippen LogP contribution in [-0.2, 0) is 4.79 Å². The Morgan fingerprint density at radius 2 is 2.11 bits per heavy atom. The lowest BCUT2D eigenvalue weighted by molar-refractivity contribution is -0.126. The van der Waals surface area contributed by atoms with Gasteiger partial charge in [-0.05, 0) is 18.5 Å². The molecule has 5 heteroatoms. The monoisotopic (exact) mass is 251 g/mol. The zero-order chi connectivity index (χ0) is 13.4. The normalized spacial score (nSPS) is 12.4. The minimum Gasteiger partial charge on any atom is -0.396 e. The Bertz CT molecular complexity index is 357. The second kappa shape index (κ2) is 7.81. The molecule has 1 unspecified atom stereocenters. The van der Waals surface area contributed by atoms with Gasteiger partial charge in [0.2, 0.25) is 0 Å². The Kier molecular flexibility index (Phi) is 6.35. The second-order valence-corrected chi connectivity index (χ2v) is 4.03. The van der Waals surface area contributed by atoms with Gasteiger partial charge in [-0.15, -0.1) is 0 Å². The van der Waals surface area contributed by atoms with E-state index in [1.54, 1.807) is 0 Å². The number of hydrogen-bond donors (Lipinski definition) is 3. The smallest absolute Gasteiger partial charge is 0.255 e. The quantitative estimate of drug-likeness (QED) is 0.373. The largest absolute Gasteiger partial charge is 0.396 e. The molecular weight excluding hydrogens is 230 g/mol. The number of benzene rings is 1. The van der Waals surface area contributed by atoms with Gasteiger partial charge in [-0.2, -0.15) is 0 Å². The van der Waals surface area contributed by atoms with Gasteiger partial charge >= 0.3 is 0 Å². The van der Waals surface area contributed by atoms with E-state index in [-0.39, 0.29) is 12.5 Å². The highest BCUT2D eigenvalue weighted by molar-refractivity contribution is 5.82. The SMILES string of the molecule is CCN(CCCO)C(C(=O)NN)c1ccccc1. The van der Waals surface area contributed by atoms with Crippen molar-refractivity contribution in [1.29, 1.82) is 0 Å². The first-order chi connectivity index (χ1) is 8.74. The van der Waals surface area contributed by atoms with Gasteiger partial charge in [-0.1, -0.05) is 37.3 Å². The third kappa shape index (κ3) is 3.80. The summed E-state index contributed by atoms with van der Waals surface area (Å²) < 4.78 is 0. The number of carbonyl (C=O) groups excluding carboxylic acids is 1. The molecule has 18 heavy (non-hydrogen) atoms. The fourth-order valence-electron chi connectivity index (χ4n) is 1.99. The number of nitrogens with zero attached hydrogens (tertiary/aromatic N) is 1. The molecule has 1 rings (SSSR count). The maximum atomic E-state index is 11.9. The van der Waals surface area contributed by atoms with E-state index in [1.807, 2.05) is 42.2 Å². The van der Waals surface area contributed by atoms with E-state index in [0.717, 1.165) is 5.56 Å². The first-order valence-electron chi connectivity index (χ1n) is 6.14. The van der Waals surface area contributed by atoms with Gasteiger partial charge in [0.25, 0.3) is 5.91 Å². The molecule has 1 aromatic carbocycles. The molecule has 0 aromatic heterocycles. The molecule has 1 amide bonds. The lowest BCUT2D eigenvalue weighted by atomic mass is 10.0. The number of carbonyl (C=O) groups is 1. The van der Waals surface area contributed by atoms with Crippen molar-refractivity contribution in [3.8, 4) is 0 Å². The number of amides is 1. The molecule has 0 fully saturated rings. The zero-order valence-electron chi connectivity index (χ0n) is 10.7. The van der Waals surface area contributed by atoms with Gasteiger partial charge in [0.15, 0.2) is 0 Å². The molecule has 0 saturated heterocycles. The number of likely N-dealkylation sites (N-methyl/N-ethyl adjacent to an activating group) is 1. The summed E-state index contributed by atoms with van der Waals surface area (Å²) in [4.78, 5) is 13.9. The average molecular weight is 251 g/mol. The van der Waals surface area contributed by atoms with E-state index >= 15 is 0 Å². The lowest BCUT2D eigenvalue weighted by Crippen LogP contribution is -2.43. The molecule has 0 bridgehead atoms. The van der Waals surface area contributed by atoms with Crippen LogP contribution >= 0.6 is 0 Å². The molecule has 0 aliphatic heterocycles. The van der Waals surface area contributed by atoms with Gasteiger partial charge in [0, 0.05) is 13.2 Å². The third-order valence-electron chi connectivity index (χ3n) is 2.88. The summed E-state index contributed by atoms with van der Waals surface area (Å²) in [6.07, 6.45) is 0.634. The molecule has 0 aliphatic rings. The average Bonchev–Trinajstić information content (AvgIpc) is 2.43. The standard InChI is InChI=1S/C13H21N3O2/c1-2-16(9-6-10-17)12(13(18)15-14)11-7-4-3-5-8-11/h3-5,7-8,12,17H,2,6,9-10,14H2,1H3,(H,15,18). The molecule has 0 heterocycles. The van der Waals surface area contributed by atoms with Gasteiger partial charge in [0.05, 0.1) is 0 Å². The van der Waals surface area contributed by atoms with Crippen LogP contribution in [0.25, 0.3) is 0 Å². The van der Waals surface area contributed by atoms with E-state index in [1.165, 1.54) is 0 Å². The summed E-state index contributed by atoms with van der Waals surface area (Å²) in [5.41, 5.74) is 3.11. The summed E-state index contributed by atoms with van der Waals surface area (Å²) in [5.74, 6) is 5.02. The van der Waals surface area contributed by atoms with Crippen LogP contribution in [0.3, 0.4) is 0 Å². The number of aliphatic hydroxyl groups excluding tert-OH is 1. The molecule has 100 valence electrons. The molecule has 0 spiro atoms. The fourth-order valence-corrected chi connectivity index (χ4v) is 1.99. The van der Waals surface area contributed by atoms with Crippen LogP contribution in [0.4, 0.5) is 0 Å². The lowest BCUT2D eigenvalue weighted by Gasteiger charge is -2.29. The van der Waals surface area contributed by atoms with Gasteiger partial charge in [0.1, 0.15) is 6.04 Å². The van der Waals surface area contributed by atoms with Crippen LogP contribution in [0.1, 0.15) is 24.9 Å². The van der Waals surface area contributed by atoms with Gasteiger partial charge in [-0.3, -0.25) is 15.1 Å². The molecule has 4 N–H and O–H groups in total. The van der Waals surface area contributed by atoms with Crippen molar-refractivity contribution in [1.82, 2.24) is 10.3 Å². The first kappa shape index (κ1) is 14.6. The summed E-state index contributed by atoms with van der Waals surface area (Å²) >= 11 is 0. The number of nitrogens with one attached hydrogen (secondary N) is 1.